The molecule has 0 amide bonds. The average Bonchev–Trinajstić information content (AvgIpc) is 2.73. The molecule has 138 valence electrons. The number of benzene rings is 3. The molecule has 1 atom stereocenters. The van der Waals surface area contributed by atoms with Crippen LogP contribution in [0.1, 0.15) is 27.5 Å². The van der Waals surface area contributed by atoms with Crippen LogP contribution in [0.3, 0.4) is 0 Å². The zero-order chi connectivity index (χ0) is 19.7. The van der Waals surface area contributed by atoms with E-state index in [0.29, 0.717) is 16.1 Å². The Morgan fingerprint density at radius 2 is 1.36 bits per heavy atom. The van der Waals surface area contributed by atoms with Crippen molar-refractivity contribution in [3.05, 3.63) is 106 Å². The lowest BCUT2D eigenvalue weighted by atomic mass is 9.83. The second kappa shape index (κ2) is 7.33. The number of hydrogen-bond donors (Lipinski definition) is 2. The number of hydrogen-bond acceptors (Lipinski definition) is 4. The molecule has 0 radical (unpaired) electrons. The van der Waals surface area contributed by atoms with Crippen LogP contribution in [0.4, 0.5) is 5.69 Å². The molecule has 2 N–H and O–H groups in total. The normalized spacial score (nSPS) is 14.6. The Bertz CT molecular complexity index is 1090. The molecule has 1 unspecified atom stereocenters. The molecule has 28 heavy (non-hydrogen) atoms. The Morgan fingerprint density at radius 1 is 0.750 bits per heavy atom. The molecule has 4 rings (SSSR count). The van der Waals surface area contributed by atoms with Gasteiger partial charge in [0.1, 0.15) is 5.76 Å². The molecular formula is C23H16ClNO3. The van der Waals surface area contributed by atoms with E-state index in [1.165, 1.54) is 0 Å². The van der Waals surface area contributed by atoms with Gasteiger partial charge < -0.3 is 10.4 Å². The molecule has 0 fully saturated rings. The van der Waals surface area contributed by atoms with Crippen molar-refractivity contribution in [2.45, 2.75) is 6.04 Å². The smallest absolute Gasteiger partial charge is 0.235 e. The monoisotopic (exact) mass is 389 g/mol. The van der Waals surface area contributed by atoms with Crippen LogP contribution < -0.4 is 5.32 Å². The van der Waals surface area contributed by atoms with Crippen LogP contribution in [0.15, 0.2) is 84.4 Å². The van der Waals surface area contributed by atoms with Gasteiger partial charge in [-0.15, -0.1) is 0 Å². The molecule has 0 aliphatic heterocycles. The van der Waals surface area contributed by atoms with Gasteiger partial charge in [-0.2, -0.15) is 0 Å². The summed E-state index contributed by atoms with van der Waals surface area (Å²) in [7, 11) is 0. The minimum atomic E-state index is -0.723. The number of halogens is 1. The zero-order valence-electron chi connectivity index (χ0n) is 14.7. The fraction of sp³-hybridized carbons (Fsp3) is 0.0435. The van der Waals surface area contributed by atoms with E-state index in [4.69, 9.17) is 11.6 Å². The van der Waals surface area contributed by atoms with E-state index in [2.05, 4.69) is 5.32 Å². The lowest BCUT2D eigenvalue weighted by Gasteiger charge is -2.26. The van der Waals surface area contributed by atoms with Gasteiger partial charge in [0, 0.05) is 21.8 Å². The van der Waals surface area contributed by atoms with Gasteiger partial charge >= 0.3 is 0 Å². The Kier molecular flexibility index (Phi) is 4.72. The van der Waals surface area contributed by atoms with Crippen molar-refractivity contribution < 1.29 is 14.7 Å². The second-order valence-corrected chi connectivity index (χ2v) is 6.90. The average molecular weight is 390 g/mol. The first-order chi connectivity index (χ1) is 13.6. The fourth-order valence-electron chi connectivity index (χ4n) is 3.33. The van der Waals surface area contributed by atoms with Crippen LogP contribution >= 0.6 is 11.6 Å². The molecule has 0 saturated heterocycles. The SMILES string of the molecule is O=C1C(=O)c2ccccc2C(O)=C1C(Nc1ccccc1)c1ccc(Cl)cc1. The summed E-state index contributed by atoms with van der Waals surface area (Å²) in [5.41, 5.74) is 2.05. The van der Waals surface area contributed by atoms with Crippen LogP contribution in [0.5, 0.6) is 0 Å². The molecular weight excluding hydrogens is 374 g/mol. The maximum absolute atomic E-state index is 12.9. The van der Waals surface area contributed by atoms with Crippen LogP contribution in [0.25, 0.3) is 5.76 Å². The van der Waals surface area contributed by atoms with E-state index in [1.807, 2.05) is 30.3 Å². The molecule has 0 saturated carbocycles. The van der Waals surface area contributed by atoms with E-state index in [1.54, 1.807) is 48.5 Å². The highest BCUT2D eigenvalue weighted by atomic mass is 35.5. The van der Waals surface area contributed by atoms with E-state index in [-0.39, 0.29) is 16.9 Å². The molecule has 0 bridgehead atoms. The zero-order valence-corrected chi connectivity index (χ0v) is 15.5. The van der Waals surface area contributed by atoms with Gasteiger partial charge in [-0.25, -0.2) is 0 Å². The van der Waals surface area contributed by atoms with Crippen molar-refractivity contribution in [2.75, 3.05) is 5.32 Å². The second-order valence-electron chi connectivity index (χ2n) is 6.46. The number of aliphatic hydroxyl groups excluding tert-OH is 1. The van der Waals surface area contributed by atoms with Crippen LogP contribution in [-0.4, -0.2) is 16.7 Å². The van der Waals surface area contributed by atoms with Gasteiger partial charge in [-0.3, -0.25) is 9.59 Å². The first-order valence-electron chi connectivity index (χ1n) is 8.75. The summed E-state index contributed by atoms with van der Waals surface area (Å²) in [6.45, 7) is 0. The molecule has 0 heterocycles. The first kappa shape index (κ1) is 18.0. The lowest BCUT2D eigenvalue weighted by Crippen LogP contribution is -2.30. The number of anilines is 1. The third-order valence-electron chi connectivity index (χ3n) is 4.71. The van der Waals surface area contributed by atoms with Crippen LogP contribution in [0.2, 0.25) is 5.02 Å². The molecule has 5 heteroatoms. The summed E-state index contributed by atoms with van der Waals surface area (Å²) in [6.07, 6.45) is 0. The molecule has 1 aliphatic rings. The summed E-state index contributed by atoms with van der Waals surface area (Å²) < 4.78 is 0. The van der Waals surface area contributed by atoms with E-state index in [9.17, 15) is 14.7 Å². The molecule has 1 aliphatic carbocycles. The van der Waals surface area contributed by atoms with Crippen molar-refractivity contribution in [1.29, 1.82) is 0 Å². The number of aliphatic hydroxyl groups is 1. The van der Waals surface area contributed by atoms with Gasteiger partial charge in [0.25, 0.3) is 0 Å². The number of ketones is 2. The number of Topliss-reactive ketones (excluding diaryl/α,β-unsaturated/α-hetero) is 2. The van der Waals surface area contributed by atoms with Crippen molar-refractivity contribution in [1.82, 2.24) is 0 Å². The largest absolute Gasteiger partial charge is 0.507 e. The van der Waals surface area contributed by atoms with Gasteiger partial charge in [-0.05, 0) is 29.8 Å². The number of fused-ring (bicyclic) bond motifs is 1. The maximum atomic E-state index is 12.9. The molecule has 0 aromatic heterocycles. The highest BCUT2D eigenvalue weighted by molar-refractivity contribution is 6.52. The van der Waals surface area contributed by atoms with Gasteiger partial charge in [0.15, 0.2) is 0 Å². The molecule has 3 aromatic carbocycles. The Hall–Kier alpha value is -3.37. The molecule has 4 nitrogen and oxygen atoms in total. The minimum absolute atomic E-state index is 0.0230. The summed E-state index contributed by atoms with van der Waals surface area (Å²) in [4.78, 5) is 25.6. The quantitative estimate of drug-likeness (QED) is 0.600. The van der Waals surface area contributed by atoms with Gasteiger partial charge in [0.05, 0.1) is 11.6 Å². The molecule has 0 spiro atoms. The Balaban J connectivity index is 1.89. The lowest BCUT2D eigenvalue weighted by molar-refractivity contribution is -0.112. The third-order valence-corrected chi connectivity index (χ3v) is 4.96. The highest BCUT2D eigenvalue weighted by Gasteiger charge is 2.37. The number of para-hydroxylation sites is 1. The Labute approximate surface area is 167 Å². The number of carbonyl (C=O) groups is 2. The highest BCUT2D eigenvalue weighted by Crippen LogP contribution is 2.37. The van der Waals surface area contributed by atoms with E-state index >= 15 is 0 Å². The fourth-order valence-corrected chi connectivity index (χ4v) is 3.46. The van der Waals surface area contributed by atoms with Crippen molar-refractivity contribution in [3.63, 3.8) is 0 Å². The molecule has 3 aromatic rings. The standard InChI is InChI=1S/C23H16ClNO3/c24-15-12-10-14(11-13-15)20(25-16-6-2-1-3-7-16)19-21(26)17-8-4-5-9-18(17)22(27)23(19)28/h1-13,20,25-26H. The minimum Gasteiger partial charge on any atom is -0.507 e. The number of nitrogens with one attached hydrogen (secondary N) is 1. The predicted molar refractivity (Wildman–Crippen MR) is 110 cm³/mol. The summed E-state index contributed by atoms with van der Waals surface area (Å²) in [6, 6.07) is 22.1. The summed E-state index contributed by atoms with van der Waals surface area (Å²) in [5.74, 6) is -1.54. The van der Waals surface area contributed by atoms with Crippen molar-refractivity contribution >= 4 is 34.6 Å². The summed E-state index contributed by atoms with van der Waals surface area (Å²) >= 11 is 6.01. The van der Waals surface area contributed by atoms with Crippen molar-refractivity contribution in [3.8, 4) is 0 Å². The third kappa shape index (κ3) is 3.19. The van der Waals surface area contributed by atoms with Crippen molar-refractivity contribution in [2.24, 2.45) is 0 Å². The predicted octanol–water partition coefficient (Wildman–Crippen LogP) is 5.23. The summed E-state index contributed by atoms with van der Waals surface area (Å²) in [5, 5.41) is 14.7. The van der Waals surface area contributed by atoms with Crippen LogP contribution in [-0.2, 0) is 4.79 Å². The number of rotatable bonds is 4. The van der Waals surface area contributed by atoms with E-state index < -0.39 is 17.6 Å². The van der Waals surface area contributed by atoms with Gasteiger partial charge in [0.2, 0.25) is 11.6 Å². The van der Waals surface area contributed by atoms with Crippen LogP contribution in [0, 0.1) is 0 Å². The first-order valence-corrected chi connectivity index (χ1v) is 9.12. The maximum Gasteiger partial charge on any atom is 0.235 e. The van der Waals surface area contributed by atoms with E-state index in [0.717, 1.165) is 5.69 Å². The number of carbonyl (C=O) groups excluding carboxylic acids is 2. The topological polar surface area (TPSA) is 66.4 Å². The van der Waals surface area contributed by atoms with Gasteiger partial charge in [-0.1, -0.05) is 66.2 Å². The Morgan fingerprint density at radius 3 is 2.04 bits per heavy atom.